The number of nitro benzene ring substituents is 1. The highest BCUT2D eigenvalue weighted by atomic mass is 19.1. The topological polar surface area (TPSA) is 87.9 Å². The number of hydrogen-bond acceptors (Lipinski definition) is 6. The fraction of sp³-hybridized carbons (Fsp3) is 0.133. The van der Waals surface area contributed by atoms with E-state index in [-0.39, 0.29) is 6.61 Å². The summed E-state index contributed by atoms with van der Waals surface area (Å²) in [5, 5.41) is 10.9. The molecule has 1 aliphatic rings. The van der Waals surface area contributed by atoms with Gasteiger partial charge in [0.1, 0.15) is 12.4 Å². The van der Waals surface area contributed by atoms with E-state index in [1.165, 1.54) is 0 Å². The van der Waals surface area contributed by atoms with E-state index >= 15 is 0 Å². The van der Waals surface area contributed by atoms with Crippen molar-refractivity contribution in [3.05, 3.63) is 58.4 Å². The van der Waals surface area contributed by atoms with E-state index in [0.717, 1.165) is 18.2 Å². The Balaban J connectivity index is 1.78. The van der Waals surface area contributed by atoms with Crippen LogP contribution in [0.25, 0.3) is 0 Å². The molecule has 8 heteroatoms. The Morgan fingerprint density at radius 2 is 2.00 bits per heavy atom. The summed E-state index contributed by atoms with van der Waals surface area (Å²) >= 11 is 0. The van der Waals surface area contributed by atoms with E-state index < -0.39 is 34.3 Å². The van der Waals surface area contributed by atoms with E-state index in [2.05, 4.69) is 0 Å². The molecule has 1 atom stereocenters. The number of nitro groups is 1. The second kappa shape index (κ2) is 5.91. The first kappa shape index (κ1) is 14.8. The standard InChI is InChI=1S/C15H10FNO6/c16-9-5-6-10(17(19)20)13(7-9)23-15(18)14-8-21-11-3-1-2-4-12(11)22-14/h1-7,14H,8H2. The summed E-state index contributed by atoms with van der Waals surface area (Å²) in [6.45, 7) is -0.112. The van der Waals surface area contributed by atoms with Crippen LogP contribution in [0, 0.1) is 15.9 Å². The van der Waals surface area contributed by atoms with Crippen molar-refractivity contribution in [3.63, 3.8) is 0 Å². The van der Waals surface area contributed by atoms with Gasteiger partial charge in [0.2, 0.25) is 11.9 Å². The van der Waals surface area contributed by atoms with Crippen LogP contribution < -0.4 is 14.2 Å². The number of para-hydroxylation sites is 2. The maximum absolute atomic E-state index is 13.2. The minimum Gasteiger partial charge on any atom is -0.485 e. The third-order valence-electron chi connectivity index (χ3n) is 3.10. The van der Waals surface area contributed by atoms with Gasteiger partial charge in [0.15, 0.2) is 11.5 Å². The molecule has 0 spiro atoms. The van der Waals surface area contributed by atoms with E-state index in [1.54, 1.807) is 24.3 Å². The minimum atomic E-state index is -1.10. The zero-order chi connectivity index (χ0) is 16.4. The fourth-order valence-corrected chi connectivity index (χ4v) is 2.03. The molecule has 1 aliphatic heterocycles. The predicted octanol–water partition coefficient (Wildman–Crippen LogP) is 2.48. The maximum Gasteiger partial charge on any atom is 0.356 e. The zero-order valence-corrected chi connectivity index (χ0v) is 11.6. The molecular formula is C15H10FNO6. The molecule has 2 aromatic carbocycles. The van der Waals surface area contributed by atoms with Crippen LogP contribution in [0.4, 0.5) is 10.1 Å². The third kappa shape index (κ3) is 3.05. The quantitative estimate of drug-likeness (QED) is 0.374. The van der Waals surface area contributed by atoms with Crippen molar-refractivity contribution in [2.75, 3.05) is 6.61 Å². The molecule has 0 saturated carbocycles. The molecule has 0 N–H and O–H groups in total. The van der Waals surface area contributed by atoms with Gasteiger partial charge in [-0.2, -0.15) is 0 Å². The van der Waals surface area contributed by atoms with Crippen molar-refractivity contribution in [1.82, 2.24) is 0 Å². The van der Waals surface area contributed by atoms with Crippen molar-refractivity contribution < 1.29 is 28.3 Å². The van der Waals surface area contributed by atoms with Crippen LogP contribution >= 0.6 is 0 Å². The van der Waals surface area contributed by atoms with Crippen LogP contribution in [0.15, 0.2) is 42.5 Å². The van der Waals surface area contributed by atoms with Gasteiger partial charge in [0, 0.05) is 12.1 Å². The molecule has 118 valence electrons. The fourth-order valence-electron chi connectivity index (χ4n) is 2.03. The SMILES string of the molecule is O=C(Oc1cc(F)ccc1[N+](=O)[O-])C1COc2ccccc2O1. The normalized spacial score (nSPS) is 15.8. The number of rotatable bonds is 3. The van der Waals surface area contributed by atoms with Crippen LogP contribution in [0.2, 0.25) is 0 Å². The lowest BCUT2D eigenvalue weighted by Crippen LogP contribution is -2.39. The summed E-state index contributed by atoms with van der Waals surface area (Å²) in [6.07, 6.45) is -1.10. The molecule has 7 nitrogen and oxygen atoms in total. The molecule has 0 bridgehead atoms. The second-order valence-corrected chi connectivity index (χ2v) is 4.65. The number of benzene rings is 2. The van der Waals surface area contributed by atoms with E-state index in [9.17, 15) is 19.3 Å². The Bertz CT molecular complexity index is 778. The number of carbonyl (C=O) groups is 1. The zero-order valence-electron chi connectivity index (χ0n) is 11.6. The van der Waals surface area contributed by atoms with Gasteiger partial charge in [-0.25, -0.2) is 9.18 Å². The van der Waals surface area contributed by atoms with Crippen LogP contribution in [-0.2, 0) is 4.79 Å². The summed E-state index contributed by atoms with van der Waals surface area (Å²) < 4.78 is 28.9. The van der Waals surface area contributed by atoms with Gasteiger partial charge in [-0.05, 0) is 18.2 Å². The van der Waals surface area contributed by atoms with Crippen molar-refractivity contribution in [2.45, 2.75) is 6.10 Å². The molecule has 1 heterocycles. The summed E-state index contributed by atoms with van der Waals surface area (Å²) in [6, 6.07) is 9.34. The molecule has 0 radical (unpaired) electrons. The van der Waals surface area contributed by atoms with Gasteiger partial charge < -0.3 is 14.2 Å². The molecule has 23 heavy (non-hydrogen) atoms. The van der Waals surface area contributed by atoms with Crippen LogP contribution in [0.5, 0.6) is 17.2 Å². The summed E-state index contributed by atoms with van der Waals surface area (Å²) in [7, 11) is 0. The first-order valence-corrected chi connectivity index (χ1v) is 6.59. The Morgan fingerprint density at radius 1 is 1.26 bits per heavy atom. The molecule has 0 fully saturated rings. The number of ether oxygens (including phenoxy) is 3. The van der Waals surface area contributed by atoms with Crippen molar-refractivity contribution in [2.24, 2.45) is 0 Å². The van der Waals surface area contributed by atoms with E-state index in [4.69, 9.17) is 14.2 Å². The first-order chi connectivity index (χ1) is 11.0. The monoisotopic (exact) mass is 319 g/mol. The highest BCUT2D eigenvalue weighted by molar-refractivity contribution is 5.79. The number of nitrogens with zero attached hydrogens (tertiary/aromatic N) is 1. The largest absolute Gasteiger partial charge is 0.485 e. The smallest absolute Gasteiger partial charge is 0.356 e. The molecule has 0 amide bonds. The number of fused-ring (bicyclic) bond motifs is 1. The molecule has 3 rings (SSSR count). The van der Waals surface area contributed by atoms with Gasteiger partial charge in [0.05, 0.1) is 4.92 Å². The Morgan fingerprint density at radius 3 is 2.74 bits per heavy atom. The lowest BCUT2D eigenvalue weighted by Gasteiger charge is -2.24. The van der Waals surface area contributed by atoms with E-state index in [0.29, 0.717) is 11.5 Å². The highest BCUT2D eigenvalue weighted by Crippen LogP contribution is 2.32. The van der Waals surface area contributed by atoms with E-state index in [1.807, 2.05) is 0 Å². The summed E-state index contributed by atoms with van der Waals surface area (Å²) in [5.74, 6) is -1.32. The van der Waals surface area contributed by atoms with Crippen molar-refractivity contribution >= 4 is 11.7 Å². The number of carbonyl (C=O) groups excluding carboxylic acids is 1. The van der Waals surface area contributed by atoms with Crippen LogP contribution in [-0.4, -0.2) is 23.6 Å². The van der Waals surface area contributed by atoms with Crippen molar-refractivity contribution in [1.29, 1.82) is 0 Å². The van der Waals surface area contributed by atoms with Gasteiger partial charge in [-0.1, -0.05) is 12.1 Å². The minimum absolute atomic E-state index is 0.112. The molecule has 2 aromatic rings. The summed E-state index contributed by atoms with van der Waals surface area (Å²) in [4.78, 5) is 22.2. The molecule has 0 aliphatic carbocycles. The Kier molecular flexibility index (Phi) is 3.80. The third-order valence-corrected chi connectivity index (χ3v) is 3.10. The van der Waals surface area contributed by atoms with Gasteiger partial charge in [-0.15, -0.1) is 0 Å². The van der Waals surface area contributed by atoms with Crippen LogP contribution in [0.1, 0.15) is 0 Å². The van der Waals surface area contributed by atoms with Crippen LogP contribution in [0.3, 0.4) is 0 Å². The average Bonchev–Trinajstić information content (AvgIpc) is 2.54. The van der Waals surface area contributed by atoms with Gasteiger partial charge >= 0.3 is 11.7 Å². The Labute approximate surface area is 129 Å². The molecule has 0 aromatic heterocycles. The molecule has 1 unspecified atom stereocenters. The lowest BCUT2D eigenvalue weighted by molar-refractivity contribution is -0.385. The lowest BCUT2D eigenvalue weighted by atomic mass is 10.2. The predicted molar refractivity (Wildman–Crippen MR) is 75.0 cm³/mol. The first-order valence-electron chi connectivity index (χ1n) is 6.59. The number of esters is 1. The molecular weight excluding hydrogens is 309 g/mol. The number of halogens is 1. The second-order valence-electron chi connectivity index (χ2n) is 4.65. The molecule has 0 saturated heterocycles. The number of hydrogen-bond donors (Lipinski definition) is 0. The Hall–Kier alpha value is -3.16. The maximum atomic E-state index is 13.2. The van der Waals surface area contributed by atoms with Crippen molar-refractivity contribution in [3.8, 4) is 17.2 Å². The van der Waals surface area contributed by atoms with Gasteiger partial charge in [-0.3, -0.25) is 10.1 Å². The van der Waals surface area contributed by atoms with Gasteiger partial charge in [0.25, 0.3) is 0 Å². The summed E-state index contributed by atoms with van der Waals surface area (Å²) in [5.41, 5.74) is -0.517. The average molecular weight is 319 g/mol. The highest BCUT2D eigenvalue weighted by Gasteiger charge is 2.31.